The fourth-order valence-electron chi connectivity index (χ4n) is 2.40. The van der Waals surface area contributed by atoms with E-state index in [1.807, 2.05) is 12.3 Å². The van der Waals surface area contributed by atoms with Crippen LogP contribution in [0.4, 0.5) is 0 Å². The van der Waals surface area contributed by atoms with E-state index < -0.39 is 0 Å². The van der Waals surface area contributed by atoms with Crippen molar-refractivity contribution in [1.29, 1.82) is 0 Å². The second-order valence-corrected chi connectivity index (χ2v) is 5.08. The molecule has 0 amide bonds. The van der Waals surface area contributed by atoms with Crippen molar-refractivity contribution in [2.45, 2.75) is 25.3 Å². The molecule has 0 aliphatic carbocycles. The Morgan fingerprint density at radius 2 is 1.45 bits per heavy atom. The molecule has 1 aliphatic rings. The van der Waals surface area contributed by atoms with E-state index in [1.54, 1.807) is 0 Å². The zero-order valence-corrected chi connectivity index (χ0v) is 11.4. The van der Waals surface area contributed by atoms with Crippen LogP contribution in [0.15, 0.2) is 70.6 Å². The summed E-state index contributed by atoms with van der Waals surface area (Å²) in [5.41, 5.74) is 2.64. The highest BCUT2D eigenvalue weighted by Crippen LogP contribution is 2.12. The first kappa shape index (κ1) is 12.8. The molecule has 0 N–H and O–H groups in total. The van der Waals surface area contributed by atoms with Crippen LogP contribution in [0.1, 0.15) is 17.5 Å². The third-order valence-electron chi connectivity index (χ3n) is 3.49. The molecule has 0 saturated carbocycles. The molecule has 0 fully saturated rings. The Labute approximate surface area is 119 Å². The maximum absolute atomic E-state index is 4.69. The second-order valence-electron chi connectivity index (χ2n) is 5.08. The fraction of sp³-hybridized carbons (Fsp3) is 0.222. The Morgan fingerprint density at radius 1 is 0.800 bits per heavy atom. The van der Waals surface area contributed by atoms with Crippen molar-refractivity contribution in [1.82, 2.24) is 0 Å². The van der Waals surface area contributed by atoms with Gasteiger partial charge in [0.15, 0.2) is 0 Å². The van der Waals surface area contributed by atoms with Gasteiger partial charge in [-0.3, -0.25) is 4.99 Å². The molecule has 1 heterocycles. The first-order valence-electron chi connectivity index (χ1n) is 7.09. The van der Waals surface area contributed by atoms with Gasteiger partial charge >= 0.3 is 0 Å². The molecule has 0 radical (unpaired) electrons. The van der Waals surface area contributed by atoms with Crippen molar-refractivity contribution in [3.05, 3.63) is 71.8 Å². The number of amidine groups is 1. The van der Waals surface area contributed by atoms with Gasteiger partial charge in [-0.05, 0) is 24.0 Å². The Kier molecular flexibility index (Phi) is 4.02. The van der Waals surface area contributed by atoms with Gasteiger partial charge in [-0.2, -0.15) is 0 Å². The number of nitrogens with zero attached hydrogens (tertiary/aromatic N) is 2. The molecular formula is C18H18N2. The molecule has 100 valence electrons. The normalized spacial score (nSPS) is 17.2. The van der Waals surface area contributed by atoms with Gasteiger partial charge in [-0.1, -0.05) is 60.7 Å². The molecule has 0 bridgehead atoms. The van der Waals surface area contributed by atoms with Crippen LogP contribution in [-0.2, 0) is 12.8 Å². The smallest absolute Gasteiger partial charge is 0.127 e. The van der Waals surface area contributed by atoms with E-state index >= 15 is 0 Å². The van der Waals surface area contributed by atoms with Gasteiger partial charge in [-0.15, -0.1) is 0 Å². The van der Waals surface area contributed by atoms with Crippen LogP contribution in [0.5, 0.6) is 0 Å². The van der Waals surface area contributed by atoms with E-state index in [0.717, 1.165) is 25.1 Å². The first-order chi connectivity index (χ1) is 9.90. The molecule has 2 aromatic rings. The lowest BCUT2D eigenvalue weighted by atomic mass is 10.1. The van der Waals surface area contributed by atoms with Crippen molar-refractivity contribution >= 4 is 12.1 Å². The summed E-state index contributed by atoms with van der Waals surface area (Å²) >= 11 is 0. The number of hydrogen-bond donors (Lipinski definition) is 0. The quantitative estimate of drug-likeness (QED) is 0.784. The summed E-state index contributed by atoms with van der Waals surface area (Å²) in [6.07, 6.45) is 4.91. The Balaban J connectivity index is 1.55. The molecule has 2 aromatic carbocycles. The molecule has 0 aromatic heterocycles. The lowest BCUT2D eigenvalue weighted by Crippen LogP contribution is -2.05. The van der Waals surface area contributed by atoms with Crippen LogP contribution in [-0.4, -0.2) is 18.1 Å². The van der Waals surface area contributed by atoms with Crippen molar-refractivity contribution in [3.8, 4) is 0 Å². The van der Waals surface area contributed by atoms with Gasteiger partial charge in [0, 0.05) is 12.6 Å². The summed E-state index contributed by atoms with van der Waals surface area (Å²) in [6.45, 7) is 0. The summed E-state index contributed by atoms with van der Waals surface area (Å²) in [5, 5.41) is 0. The maximum Gasteiger partial charge on any atom is 0.127 e. The molecule has 1 unspecified atom stereocenters. The average Bonchev–Trinajstić information content (AvgIpc) is 2.95. The number of aliphatic imine (C=N–C) groups is 2. The monoisotopic (exact) mass is 262 g/mol. The molecular weight excluding hydrogens is 244 g/mol. The minimum absolute atomic E-state index is 0.244. The molecule has 0 saturated heterocycles. The van der Waals surface area contributed by atoms with E-state index in [0.29, 0.717) is 0 Å². The summed E-state index contributed by atoms with van der Waals surface area (Å²) in [7, 11) is 0. The average molecular weight is 262 g/mol. The highest BCUT2D eigenvalue weighted by atomic mass is 15.0. The summed E-state index contributed by atoms with van der Waals surface area (Å²) in [4.78, 5) is 9.14. The molecule has 20 heavy (non-hydrogen) atoms. The molecule has 1 aliphatic heterocycles. The van der Waals surface area contributed by atoms with E-state index in [9.17, 15) is 0 Å². The largest absolute Gasteiger partial charge is 0.261 e. The highest BCUT2D eigenvalue weighted by molar-refractivity contribution is 5.97. The number of rotatable bonds is 5. The SMILES string of the molecule is C1=NC(Cc2ccccc2)=NC1CCc1ccccc1. The maximum atomic E-state index is 4.69. The first-order valence-corrected chi connectivity index (χ1v) is 7.09. The Hall–Kier alpha value is -2.22. The zero-order valence-electron chi connectivity index (χ0n) is 11.4. The standard InChI is InChI=1S/C18H18N2/c1-3-7-15(8-4-1)11-12-17-14-19-18(20-17)13-16-9-5-2-6-10-16/h1-10,14,17H,11-13H2. The van der Waals surface area contributed by atoms with Crippen LogP contribution in [0.25, 0.3) is 0 Å². The summed E-state index contributed by atoms with van der Waals surface area (Å²) in [6, 6.07) is 21.2. The van der Waals surface area contributed by atoms with Crippen molar-refractivity contribution in [3.63, 3.8) is 0 Å². The van der Waals surface area contributed by atoms with Gasteiger partial charge < -0.3 is 0 Å². The van der Waals surface area contributed by atoms with E-state index in [4.69, 9.17) is 4.99 Å². The minimum atomic E-state index is 0.244. The van der Waals surface area contributed by atoms with Gasteiger partial charge in [0.05, 0.1) is 6.04 Å². The minimum Gasteiger partial charge on any atom is -0.261 e. The van der Waals surface area contributed by atoms with Gasteiger partial charge in [0.2, 0.25) is 0 Å². The van der Waals surface area contributed by atoms with E-state index in [-0.39, 0.29) is 6.04 Å². The van der Waals surface area contributed by atoms with E-state index in [2.05, 4.69) is 59.6 Å². The topological polar surface area (TPSA) is 24.7 Å². The third kappa shape index (κ3) is 3.41. The molecule has 2 heteroatoms. The van der Waals surface area contributed by atoms with Gasteiger partial charge in [0.25, 0.3) is 0 Å². The fourth-order valence-corrected chi connectivity index (χ4v) is 2.40. The lowest BCUT2D eigenvalue weighted by molar-refractivity contribution is 0.769. The van der Waals surface area contributed by atoms with Crippen LogP contribution >= 0.6 is 0 Å². The van der Waals surface area contributed by atoms with Crippen molar-refractivity contribution in [2.24, 2.45) is 9.98 Å². The number of hydrogen-bond acceptors (Lipinski definition) is 2. The van der Waals surface area contributed by atoms with Gasteiger partial charge in [0.1, 0.15) is 5.84 Å². The molecule has 1 atom stereocenters. The number of benzene rings is 2. The van der Waals surface area contributed by atoms with Crippen LogP contribution in [0, 0.1) is 0 Å². The zero-order chi connectivity index (χ0) is 13.6. The predicted octanol–water partition coefficient (Wildman–Crippen LogP) is 3.71. The Morgan fingerprint density at radius 3 is 2.15 bits per heavy atom. The molecule has 2 nitrogen and oxygen atoms in total. The van der Waals surface area contributed by atoms with Crippen molar-refractivity contribution in [2.75, 3.05) is 0 Å². The molecule has 3 rings (SSSR count). The lowest BCUT2D eigenvalue weighted by Gasteiger charge is -2.04. The van der Waals surface area contributed by atoms with Gasteiger partial charge in [-0.25, -0.2) is 4.99 Å². The third-order valence-corrected chi connectivity index (χ3v) is 3.49. The predicted molar refractivity (Wildman–Crippen MR) is 84.6 cm³/mol. The molecule has 0 spiro atoms. The Bertz CT molecular complexity index is 600. The number of aryl methyl sites for hydroxylation is 1. The highest BCUT2D eigenvalue weighted by Gasteiger charge is 2.12. The van der Waals surface area contributed by atoms with Crippen molar-refractivity contribution < 1.29 is 0 Å². The summed E-state index contributed by atoms with van der Waals surface area (Å²) in [5.74, 6) is 0.953. The van der Waals surface area contributed by atoms with E-state index in [1.165, 1.54) is 11.1 Å². The summed E-state index contributed by atoms with van der Waals surface area (Å²) < 4.78 is 0. The van der Waals surface area contributed by atoms with Crippen LogP contribution in [0.3, 0.4) is 0 Å². The second kappa shape index (κ2) is 6.29. The van der Waals surface area contributed by atoms with Crippen LogP contribution < -0.4 is 0 Å². The van der Waals surface area contributed by atoms with Crippen LogP contribution in [0.2, 0.25) is 0 Å².